The molecular formula is C20H18N4O3. The van der Waals surface area contributed by atoms with Crippen molar-refractivity contribution in [2.75, 3.05) is 0 Å². The molecule has 7 heteroatoms. The third-order valence-corrected chi connectivity index (χ3v) is 4.85. The molecule has 3 heterocycles. The van der Waals surface area contributed by atoms with Gasteiger partial charge in [-0.05, 0) is 31.5 Å². The summed E-state index contributed by atoms with van der Waals surface area (Å²) < 4.78 is 1.41. The molecule has 3 amide bonds. The van der Waals surface area contributed by atoms with Crippen molar-refractivity contribution in [2.24, 2.45) is 0 Å². The van der Waals surface area contributed by atoms with E-state index < -0.39 is 11.6 Å². The summed E-state index contributed by atoms with van der Waals surface area (Å²) in [7, 11) is 0. The van der Waals surface area contributed by atoms with E-state index in [9.17, 15) is 14.4 Å². The number of hydrogen-bond acceptors (Lipinski definition) is 4. The second kappa shape index (κ2) is 6.05. The molecule has 27 heavy (non-hydrogen) atoms. The maximum Gasteiger partial charge on any atom is 0.325 e. The molecule has 1 saturated heterocycles. The minimum Gasteiger partial charge on any atom is -0.319 e. The number of carbonyl (C=O) groups excluding carboxylic acids is 2. The second-order valence-electron chi connectivity index (χ2n) is 6.83. The number of aromatic nitrogens is 2. The van der Waals surface area contributed by atoms with Gasteiger partial charge in [-0.2, -0.15) is 0 Å². The van der Waals surface area contributed by atoms with Gasteiger partial charge in [-0.1, -0.05) is 35.9 Å². The van der Waals surface area contributed by atoms with Crippen LogP contribution in [0, 0.1) is 6.92 Å². The lowest BCUT2D eigenvalue weighted by atomic mass is 9.91. The average molecular weight is 362 g/mol. The highest BCUT2D eigenvalue weighted by atomic mass is 16.2. The van der Waals surface area contributed by atoms with E-state index in [1.165, 1.54) is 10.5 Å². The summed E-state index contributed by atoms with van der Waals surface area (Å²) in [6.07, 6.45) is 1.62. The van der Waals surface area contributed by atoms with E-state index in [1.807, 2.05) is 31.2 Å². The van der Waals surface area contributed by atoms with Crippen LogP contribution in [0.15, 0.2) is 59.5 Å². The van der Waals surface area contributed by atoms with Crippen LogP contribution in [0.25, 0.3) is 5.65 Å². The fourth-order valence-corrected chi connectivity index (χ4v) is 3.27. The zero-order valence-electron chi connectivity index (χ0n) is 15.0. The summed E-state index contributed by atoms with van der Waals surface area (Å²) in [6, 6.07) is 13.5. The van der Waals surface area contributed by atoms with Crippen LogP contribution < -0.4 is 10.9 Å². The predicted octanol–water partition coefficient (Wildman–Crippen LogP) is 1.97. The van der Waals surface area contributed by atoms with Crippen LogP contribution in [-0.2, 0) is 16.9 Å². The number of imide groups is 1. The number of hydrogen-bond donors (Lipinski definition) is 1. The van der Waals surface area contributed by atoms with Crippen LogP contribution in [0.5, 0.6) is 0 Å². The SMILES string of the molecule is Cc1ccc(C2(C)NC(=O)N(Cc3cc(=O)n4ccccc4n3)C2=O)cc1. The molecule has 0 aliphatic carbocycles. The van der Waals surface area contributed by atoms with Gasteiger partial charge in [0.15, 0.2) is 0 Å². The number of urea groups is 1. The molecule has 7 nitrogen and oxygen atoms in total. The van der Waals surface area contributed by atoms with Crippen molar-refractivity contribution in [1.82, 2.24) is 19.6 Å². The van der Waals surface area contributed by atoms with Gasteiger partial charge in [-0.3, -0.25) is 18.9 Å². The van der Waals surface area contributed by atoms with Crippen molar-refractivity contribution >= 4 is 17.6 Å². The van der Waals surface area contributed by atoms with E-state index in [-0.39, 0.29) is 18.0 Å². The van der Waals surface area contributed by atoms with Crippen LogP contribution in [0.1, 0.15) is 23.7 Å². The Labute approximate surface area is 155 Å². The van der Waals surface area contributed by atoms with Gasteiger partial charge in [0.1, 0.15) is 11.2 Å². The number of rotatable bonds is 3. The van der Waals surface area contributed by atoms with Crippen LogP contribution in [0.3, 0.4) is 0 Å². The molecule has 136 valence electrons. The molecule has 1 aliphatic rings. The van der Waals surface area contributed by atoms with Gasteiger partial charge in [-0.15, -0.1) is 0 Å². The molecular weight excluding hydrogens is 344 g/mol. The van der Waals surface area contributed by atoms with Gasteiger partial charge in [-0.25, -0.2) is 9.78 Å². The summed E-state index contributed by atoms with van der Waals surface area (Å²) >= 11 is 0. The number of pyridine rings is 1. The van der Waals surface area contributed by atoms with Crippen molar-refractivity contribution in [3.63, 3.8) is 0 Å². The first kappa shape index (κ1) is 17.0. The Morgan fingerprint density at radius 3 is 2.56 bits per heavy atom. The van der Waals surface area contributed by atoms with Gasteiger partial charge < -0.3 is 5.32 Å². The van der Waals surface area contributed by atoms with E-state index in [4.69, 9.17) is 0 Å². The minimum atomic E-state index is -1.14. The summed E-state index contributed by atoms with van der Waals surface area (Å²) in [6.45, 7) is 3.57. The van der Waals surface area contributed by atoms with Gasteiger partial charge in [0, 0.05) is 12.3 Å². The molecule has 0 radical (unpaired) electrons. The molecule has 4 rings (SSSR count). The van der Waals surface area contributed by atoms with Crippen molar-refractivity contribution in [3.05, 3.63) is 81.9 Å². The molecule has 0 spiro atoms. The molecule has 1 N–H and O–H groups in total. The van der Waals surface area contributed by atoms with Crippen molar-refractivity contribution in [3.8, 4) is 0 Å². The van der Waals surface area contributed by atoms with Gasteiger partial charge in [0.2, 0.25) is 0 Å². The second-order valence-corrected chi connectivity index (χ2v) is 6.83. The van der Waals surface area contributed by atoms with Crippen molar-refractivity contribution in [2.45, 2.75) is 25.9 Å². The quantitative estimate of drug-likeness (QED) is 0.722. The smallest absolute Gasteiger partial charge is 0.319 e. The van der Waals surface area contributed by atoms with Gasteiger partial charge in [0.05, 0.1) is 12.2 Å². The van der Waals surface area contributed by atoms with E-state index in [0.717, 1.165) is 10.5 Å². The molecule has 0 bridgehead atoms. The minimum absolute atomic E-state index is 0.0627. The highest BCUT2D eigenvalue weighted by Crippen LogP contribution is 2.29. The number of nitrogens with one attached hydrogen (secondary N) is 1. The third kappa shape index (κ3) is 2.77. The summed E-state index contributed by atoms with van der Waals surface area (Å²) in [5.74, 6) is -0.369. The zero-order chi connectivity index (χ0) is 19.2. The Balaban J connectivity index is 1.67. The molecule has 1 aromatic carbocycles. The Kier molecular flexibility index (Phi) is 3.80. The summed E-state index contributed by atoms with van der Waals surface area (Å²) in [5.41, 5.74) is 1.20. The third-order valence-electron chi connectivity index (χ3n) is 4.85. The Morgan fingerprint density at radius 2 is 1.81 bits per heavy atom. The van der Waals surface area contributed by atoms with Crippen LogP contribution in [0.2, 0.25) is 0 Å². The fourth-order valence-electron chi connectivity index (χ4n) is 3.27. The van der Waals surface area contributed by atoms with Crippen LogP contribution in [-0.4, -0.2) is 26.2 Å². The lowest BCUT2D eigenvalue weighted by Gasteiger charge is -2.22. The Bertz CT molecular complexity index is 1120. The average Bonchev–Trinajstić information content (AvgIpc) is 2.86. The van der Waals surface area contributed by atoms with E-state index in [0.29, 0.717) is 16.9 Å². The molecule has 1 fully saturated rings. The first-order chi connectivity index (χ1) is 12.9. The standard InChI is InChI=1S/C20H18N4O3/c1-13-6-8-14(9-7-13)20(2)18(26)24(19(27)22-20)12-15-11-17(25)23-10-4-3-5-16(23)21-15/h3-11H,12H2,1-2H3,(H,22,27). The monoisotopic (exact) mass is 362 g/mol. The highest BCUT2D eigenvalue weighted by Gasteiger charge is 2.49. The summed E-state index contributed by atoms with van der Waals surface area (Å²) in [4.78, 5) is 43.2. The number of amides is 3. The first-order valence-electron chi connectivity index (χ1n) is 8.57. The van der Waals surface area contributed by atoms with Crippen molar-refractivity contribution < 1.29 is 9.59 Å². The number of benzene rings is 1. The van der Waals surface area contributed by atoms with Crippen LogP contribution in [0.4, 0.5) is 4.79 Å². The van der Waals surface area contributed by atoms with E-state index in [1.54, 1.807) is 31.3 Å². The molecule has 3 aromatic rings. The maximum absolute atomic E-state index is 13.0. The largest absolute Gasteiger partial charge is 0.325 e. The number of carbonyl (C=O) groups is 2. The van der Waals surface area contributed by atoms with Crippen LogP contribution >= 0.6 is 0 Å². The van der Waals surface area contributed by atoms with Crippen molar-refractivity contribution in [1.29, 1.82) is 0 Å². The molecule has 2 aromatic heterocycles. The lowest BCUT2D eigenvalue weighted by molar-refractivity contribution is -0.131. The topological polar surface area (TPSA) is 83.8 Å². The highest BCUT2D eigenvalue weighted by molar-refractivity contribution is 6.07. The number of aryl methyl sites for hydroxylation is 1. The predicted molar refractivity (Wildman–Crippen MR) is 99.1 cm³/mol. The zero-order valence-corrected chi connectivity index (χ0v) is 15.0. The molecule has 0 saturated carbocycles. The fraction of sp³-hybridized carbons (Fsp3) is 0.200. The molecule has 1 aliphatic heterocycles. The van der Waals surface area contributed by atoms with Gasteiger partial charge >= 0.3 is 6.03 Å². The Morgan fingerprint density at radius 1 is 1.07 bits per heavy atom. The van der Waals surface area contributed by atoms with E-state index in [2.05, 4.69) is 10.3 Å². The number of fused-ring (bicyclic) bond motifs is 1. The van der Waals surface area contributed by atoms with E-state index >= 15 is 0 Å². The molecule has 1 unspecified atom stereocenters. The lowest BCUT2D eigenvalue weighted by Crippen LogP contribution is -2.40. The van der Waals surface area contributed by atoms with Gasteiger partial charge in [0.25, 0.3) is 11.5 Å². The number of nitrogens with zero attached hydrogens (tertiary/aromatic N) is 3. The summed E-state index contributed by atoms with van der Waals surface area (Å²) in [5, 5.41) is 2.76. The first-order valence-corrected chi connectivity index (χ1v) is 8.57. The Hall–Kier alpha value is -3.48. The maximum atomic E-state index is 13.0. The normalized spacial score (nSPS) is 19.6. The molecule has 1 atom stereocenters.